The third-order valence-corrected chi connectivity index (χ3v) is 4.62. The van der Waals surface area contributed by atoms with Crippen LogP contribution >= 0.6 is 11.6 Å². The van der Waals surface area contributed by atoms with Gasteiger partial charge in [0, 0.05) is 25.2 Å². The molecule has 2 amide bonds. The van der Waals surface area contributed by atoms with E-state index in [-0.39, 0.29) is 29.3 Å². The van der Waals surface area contributed by atoms with Crippen LogP contribution in [0.3, 0.4) is 0 Å². The highest BCUT2D eigenvalue weighted by molar-refractivity contribution is 6.30. The van der Waals surface area contributed by atoms with E-state index in [0.717, 1.165) is 0 Å². The molecule has 2 aromatic rings. The van der Waals surface area contributed by atoms with Gasteiger partial charge in [0.2, 0.25) is 5.91 Å². The minimum Gasteiger partial charge on any atom is -0.352 e. The van der Waals surface area contributed by atoms with E-state index in [1.54, 1.807) is 23.1 Å². The number of rotatable bonds is 4. The molecule has 130 valence electrons. The summed E-state index contributed by atoms with van der Waals surface area (Å²) in [4.78, 5) is 26.4. The Morgan fingerprint density at radius 3 is 2.68 bits per heavy atom. The molecular weight excluding hydrogens is 343 g/mol. The molecule has 2 aromatic carbocycles. The van der Waals surface area contributed by atoms with Crippen LogP contribution in [0.25, 0.3) is 0 Å². The molecule has 1 saturated heterocycles. The van der Waals surface area contributed by atoms with Crippen molar-refractivity contribution in [3.05, 3.63) is 70.5 Å². The number of likely N-dealkylation sites (tertiary alicyclic amines) is 1. The van der Waals surface area contributed by atoms with E-state index in [2.05, 4.69) is 5.32 Å². The molecule has 0 saturated carbocycles. The van der Waals surface area contributed by atoms with Crippen molar-refractivity contribution in [3.63, 3.8) is 0 Å². The zero-order valence-electron chi connectivity index (χ0n) is 13.5. The highest BCUT2D eigenvalue weighted by atomic mass is 35.5. The fraction of sp³-hybridized carbons (Fsp3) is 0.263. The van der Waals surface area contributed by atoms with E-state index in [4.69, 9.17) is 11.6 Å². The standard InChI is InChI=1S/C19H18ClFN2O2/c20-16-7-6-13(10-17(16)21)11-22-18(24)15-8-9-23(12-15)19(25)14-4-2-1-3-5-14/h1-7,10,15H,8-9,11-12H2,(H,22,24). The van der Waals surface area contributed by atoms with Crippen LogP contribution in [0.4, 0.5) is 4.39 Å². The first-order valence-electron chi connectivity index (χ1n) is 8.10. The van der Waals surface area contributed by atoms with Crippen LogP contribution in [-0.4, -0.2) is 29.8 Å². The van der Waals surface area contributed by atoms with Gasteiger partial charge in [-0.3, -0.25) is 9.59 Å². The van der Waals surface area contributed by atoms with Crippen LogP contribution in [0.15, 0.2) is 48.5 Å². The molecule has 1 fully saturated rings. The number of carbonyl (C=O) groups excluding carboxylic acids is 2. The average Bonchev–Trinajstić information content (AvgIpc) is 3.13. The van der Waals surface area contributed by atoms with E-state index >= 15 is 0 Å². The Morgan fingerprint density at radius 2 is 1.96 bits per heavy atom. The summed E-state index contributed by atoms with van der Waals surface area (Å²) >= 11 is 5.64. The SMILES string of the molecule is O=C(NCc1ccc(Cl)c(F)c1)C1CCN(C(=O)c2ccccc2)C1. The molecular formula is C19H18ClFN2O2. The number of benzene rings is 2. The molecule has 4 nitrogen and oxygen atoms in total. The van der Waals surface area contributed by atoms with Gasteiger partial charge in [0.15, 0.2) is 0 Å². The normalized spacial score (nSPS) is 16.7. The minimum atomic E-state index is -0.506. The number of carbonyl (C=O) groups is 2. The van der Waals surface area contributed by atoms with E-state index < -0.39 is 5.82 Å². The van der Waals surface area contributed by atoms with Crippen molar-refractivity contribution in [3.8, 4) is 0 Å². The summed E-state index contributed by atoms with van der Waals surface area (Å²) in [5.41, 5.74) is 1.27. The van der Waals surface area contributed by atoms with Gasteiger partial charge in [-0.1, -0.05) is 35.9 Å². The molecule has 25 heavy (non-hydrogen) atoms. The Morgan fingerprint density at radius 1 is 1.20 bits per heavy atom. The number of hydrogen-bond acceptors (Lipinski definition) is 2. The van der Waals surface area contributed by atoms with Gasteiger partial charge in [0.05, 0.1) is 10.9 Å². The molecule has 3 rings (SSSR count). The summed E-state index contributed by atoms with van der Waals surface area (Å²) < 4.78 is 13.4. The Labute approximate surface area is 150 Å². The molecule has 0 spiro atoms. The van der Waals surface area contributed by atoms with Gasteiger partial charge >= 0.3 is 0 Å². The van der Waals surface area contributed by atoms with Crippen molar-refractivity contribution in [1.29, 1.82) is 0 Å². The maximum absolute atomic E-state index is 13.4. The molecule has 1 N–H and O–H groups in total. The third-order valence-electron chi connectivity index (χ3n) is 4.32. The van der Waals surface area contributed by atoms with Crippen LogP contribution in [-0.2, 0) is 11.3 Å². The molecule has 0 bridgehead atoms. The van der Waals surface area contributed by atoms with Crippen LogP contribution in [0.5, 0.6) is 0 Å². The quantitative estimate of drug-likeness (QED) is 0.909. The zero-order valence-corrected chi connectivity index (χ0v) is 14.3. The fourth-order valence-electron chi connectivity index (χ4n) is 2.91. The predicted octanol–water partition coefficient (Wildman–Crippen LogP) is 3.26. The minimum absolute atomic E-state index is 0.0564. The van der Waals surface area contributed by atoms with Gasteiger partial charge in [-0.2, -0.15) is 0 Å². The van der Waals surface area contributed by atoms with Crippen LogP contribution in [0.2, 0.25) is 5.02 Å². The molecule has 0 aromatic heterocycles. The van der Waals surface area contributed by atoms with Crippen molar-refractivity contribution in [1.82, 2.24) is 10.2 Å². The Kier molecular flexibility index (Phi) is 5.34. The van der Waals surface area contributed by atoms with Crippen LogP contribution in [0.1, 0.15) is 22.3 Å². The van der Waals surface area contributed by atoms with Crippen molar-refractivity contribution in [2.45, 2.75) is 13.0 Å². The topological polar surface area (TPSA) is 49.4 Å². The first-order chi connectivity index (χ1) is 12.0. The molecule has 1 atom stereocenters. The lowest BCUT2D eigenvalue weighted by molar-refractivity contribution is -0.124. The van der Waals surface area contributed by atoms with E-state index in [9.17, 15) is 14.0 Å². The van der Waals surface area contributed by atoms with Gasteiger partial charge in [-0.15, -0.1) is 0 Å². The van der Waals surface area contributed by atoms with Gasteiger partial charge < -0.3 is 10.2 Å². The first kappa shape index (κ1) is 17.4. The van der Waals surface area contributed by atoms with Gasteiger partial charge in [0.1, 0.15) is 5.82 Å². The lowest BCUT2D eigenvalue weighted by Gasteiger charge is -2.16. The Balaban J connectivity index is 1.54. The smallest absolute Gasteiger partial charge is 0.253 e. The maximum atomic E-state index is 13.4. The molecule has 0 aliphatic carbocycles. The lowest BCUT2D eigenvalue weighted by atomic mass is 10.1. The molecule has 1 unspecified atom stereocenters. The van der Waals surface area contributed by atoms with Crippen LogP contribution in [0, 0.1) is 11.7 Å². The molecule has 1 aliphatic rings. The summed E-state index contributed by atoms with van der Waals surface area (Å²) in [6.45, 7) is 1.19. The number of amides is 2. The molecule has 1 aliphatic heterocycles. The largest absolute Gasteiger partial charge is 0.352 e. The lowest BCUT2D eigenvalue weighted by Crippen LogP contribution is -2.34. The number of hydrogen-bond donors (Lipinski definition) is 1. The van der Waals surface area contributed by atoms with Gasteiger partial charge in [0.25, 0.3) is 5.91 Å². The van der Waals surface area contributed by atoms with Gasteiger partial charge in [-0.25, -0.2) is 4.39 Å². The Bertz CT molecular complexity index is 782. The molecule has 6 heteroatoms. The maximum Gasteiger partial charge on any atom is 0.253 e. The highest BCUT2D eigenvalue weighted by Gasteiger charge is 2.31. The average molecular weight is 361 g/mol. The van der Waals surface area contributed by atoms with E-state index in [0.29, 0.717) is 30.6 Å². The zero-order chi connectivity index (χ0) is 17.8. The fourth-order valence-corrected chi connectivity index (χ4v) is 3.02. The summed E-state index contributed by atoms with van der Waals surface area (Å²) in [5.74, 6) is -0.937. The second-order valence-electron chi connectivity index (χ2n) is 6.07. The highest BCUT2D eigenvalue weighted by Crippen LogP contribution is 2.20. The summed E-state index contributed by atoms with van der Waals surface area (Å²) in [6, 6.07) is 13.5. The Hall–Kier alpha value is -2.40. The second kappa shape index (κ2) is 7.66. The summed E-state index contributed by atoms with van der Waals surface area (Å²) in [7, 11) is 0. The van der Waals surface area contributed by atoms with Crippen molar-refractivity contribution >= 4 is 23.4 Å². The predicted molar refractivity (Wildman–Crippen MR) is 93.7 cm³/mol. The van der Waals surface area contributed by atoms with Crippen molar-refractivity contribution in [2.75, 3.05) is 13.1 Å². The second-order valence-corrected chi connectivity index (χ2v) is 6.48. The third kappa shape index (κ3) is 4.17. The molecule has 0 radical (unpaired) electrons. The summed E-state index contributed by atoms with van der Waals surface area (Å²) in [6.07, 6.45) is 0.624. The number of halogens is 2. The molecule has 1 heterocycles. The van der Waals surface area contributed by atoms with Gasteiger partial charge in [-0.05, 0) is 36.2 Å². The van der Waals surface area contributed by atoms with Crippen molar-refractivity contribution < 1.29 is 14.0 Å². The van der Waals surface area contributed by atoms with Crippen molar-refractivity contribution in [2.24, 2.45) is 5.92 Å². The monoisotopic (exact) mass is 360 g/mol. The summed E-state index contributed by atoms with van der Waals surface area (Å²) in [5, 5.41) is 2.86. The van der Waals surface area contributed by atoms with Crippen LogP contribution < -0.4 is 5.32 Å². The van der Waals surface area contributed by atoms with E-state index in [1.807, 2.05) is 18.2 Å². The first-order valence-corrected chi connectivity index (χ1v) is 8.48. The number of nitrogens with one attached hydrogen (secondary N) is 1. The number of nitrogens with zero attached hydrogens (tertiary/aromatic N) is 1. The van der Waals surface area contributed by atoms with E-state index in [1.165, 1.54) is 12.1 Å².